The third-order valence-corrected chi connectivity index (χ3v) is 7.75. The van der Waals surface area contributed by atoms with E-state index in [1.54, 1.807) is 13.0 Å². The first-order valence-corrected chi connectivity index (χ1v) is 11.7. The van der Waals surface area contributed by atoms with Gasteiger partial charge in [-0.1, -0.05) is 58.0 Å². The Balaban J connectivity index is 1.72. The molecule has 1 heterocycles. The molecule has 1 aliphatic rings. The third kappa shape index (κ3) is 4.83. The number of rotatable bonds is 5. The second-order valence-electron chi connectivity index (χ2n) is 6.90. The van der Waals surface area contributed by atoms with E-state index in [-0.39, 0.29) is 31.2 Å². The Hall–Kier alpha value is -1.55. The highest BCUT2D eigenvalue weighted by Crippen LogP contribution is 2.45. The molecular formula is C20H12BrCl5N2O5. The van der Waals surface area contributed by atoms with Crippen molar-refractivity contribution >= 4 is 103 Å². The van der Waals surface area contributed by atoms with Crippen LogP contribution >= 0.6 is 73.9 Å². The van der Waals surface area contributed by atoms with Gasteiger partial charge in [-0.05, 0) is 47.5 Å². The van der Waals surface area contributed by atoms with E-state index in [0.717, 1.165) is 5.56 Å². The second-order valence-corrected chi connectivity index (χ2v) is 9.67. The van der Waals surface area contributed by atoms with Crippen LogP contribution in [0.2, 0.25) is 25.1 Å². The van der Waals surface area contributed by atoms with Crippen molar-refractivity contribution in [1.82, 2.24) is 4.90 Å². The van der Waals surface area contributed by atoms with Crippen LogP contribution in [-0.2, 0) is 14.3 Å². The first-order chi connectivity index (χ1) is 15.4. The molecule has 13 heteroatoms. The fourth-order valence-corrected chi connectivity index (χ4v) is 4.68. The van der Waals surface area contributed by atoms with Crippen LogP contribution in [0.1, 0.15) is 33.2 Å². The Morgan fingerprint density at radius 1 is 1.00 bits per heavy atom. The van der Waals surface area contributed by atoms with Crippen molar-refractivity contribution < 1.29 is 23.9 Å². The number of esters is 1. The van der Waals surface area contributed by atoms with E-state index in [1.165, 1.54) is 13.0 Å². The van der Waals surface area contributed by atoms with Crippen LogP contribution in [0, 0.1) is 6.92 Å². The summed E-state index contributed by atoms with van der Waals surface area (Å²) < 4.78 is 5.65. The first-order valence-electron chi connectivity index (χ1n) is 9.02. The molecule has 7 nitrogen and oxygen atoms in total. The van der Waals surface area contributed by atoms with Gasteiger partial charge < -0.3 is 10.1 Å². The summed E-state index contributed by atoms with van der Waals surface area (Å²) in [7, 11) is 0. The molecule has 3 amide bonds. The molecule has 3 rings (SSSR count). The lowest BCUT2D eigenvalue weighted by atomic mass is 10.1. The summed E-state index contributed by atoms with van der Waals surface area (Å²) in [5.41, 5.74) is 0.620. The van der Waals surface area contributed by atoms with Gasteiger partial charge in [0.25, 0.3) is 17.7 Å². The quantitative estimate of drug-likeness (QED) is 0.187. The summed E-state index contributed by atoms with van der Waals surface area (Å²) in [4.78, 5) is 51.0. The van der Waals surface area contributed by atoms with Crippen molar-refractivity contribution in [3.63, 3.8) is 0 Å². The van der Waals surface area contributed by atoms with Gasteiger partial charge in [-0.25, -0.2) is 4.79 Å². The van der Waals surface area contributed by atoms with E-state index in [2.05, 4.69) is 21.2 Å². The number of fused-ring (bicyclic) bond motifs is 1. The fraction of sp³-hybridized carbons (Fsp3) is 0.200. The van der Waals surface area contributed by atoms with Gasteiger partial charge in [-0.3, -0.25) is 19.3 Å². The second kappa shape index (κ2) is 9.98. The molecule has 0 spiro atoms. The number of ether oxygens (including phenoxy) is 1. The zero-order chi connectivity index (χ0) is 24.8. The van der Waals surface area contributed by atoms with E-state index in [0.29, 0.717) is 20.1 Å². The summed E-state index contributed by atoms with van der Waals surface area (Å²) in [5.74, 6) is -3.44. The number of amides is 3. The summed E-state index contributed by atoms with van der Waals surface area (Å²) in [6, 6.07) is 1.85. The minimum atomic E-state index is -1.39. The number of halogens is 6. The Labute approximate surface area is 221 Å². The van der Waals surface area contributed by atoms with E-state index < -0.39 is 36.3 Å². The van der Waals surface area contributed by atoms with Crippen molar-refractivity contribution in [2.24, 2.45) is 0 Å². The molecule has 2 aromatic rings. The van der Waals surface area contributed by atoms with Crippen LogP contribution in [-0.4, -0.2) is 41.2 Å². The van der Waals surface area contributed by atoms with Gasteiger partial charge in [0, 0.05) is 10.2 Å². The van der Waals surface area contributed by atoms with Gasteiger partial charge in [0.15, 0.2) is 6.61 Å². The molecule has 0 fully saturated rings. The van der Waals surface area contributed by atoms with Crippen molar-refractivity contribution in [1.29, 1.82) is 0 Å². The average Bonchev–Trinajstić information content (AvgIpc) is 3.02. The highest BCUT2D eigenvalue weighted by Gasteiger charge is 2.45. The van der Waals surface area contributed by atoms with Crippen LogP contribution in [0.5, 0.6) is 0 Å². The number of nitrogens with zero attached hydrogens (tertiary/aromatic N) is 1. The molecule has 0 aliphatic carbocycles. The summed E-state index contributed by atoms with van der Waals surface area (Å²) in [5, 5.41) is 2.04. The zero-order valence-electron chi connectivity index (χ0n) is 16.7. The molecule has 0 saturated carbocycles. The van der Waals surface area contributed by atoms with E-state index in [4.69, 9.17) is 62.7 Å². The van der Waals surface area contributed by atoms with Crippen molar-refractivity contribution in [3.05, 3.63) is 58.4 Å². The van der Waals surface area contributed by atoms with Gasteiger partial charge in [0.1, 0.15) is 6.04 Å². The summed E-state index contributed by atoms with van der Waals surface area (Å²) in [6.07, 6.45) is 0. The predicted molar refractivity (Wildman–Crippen MR) is 130 cm³/mol. The molecular weight excluding hydrogens is 605 g/mol. The predicted octanol–water partition coefficient (Wildman–Crippen LogP) is 6.19. The molecule has 0 unspecified atom stereocenters. The molecule has 1 aliphatic heterocycles. The van der Waals surface area contributed by atoms with Crippen molar-refractivity contribution in [2.45, 2.75) is 19.9 Å². The Bertz CT molecular complexity index is 1190. The lowest BCUT2D eigenvalue weighted by Crippen LogP contribution is -2.44. The summed E-state index contributed by atoms with van der Waals surface area (Å²) in [6.45, 7) is 2.34. The standard InChI is InChI=1S/C20H12BrCl5N2O5/c1-6-3-8(21)9(22)4-10(6)27-11(29)5-33-20(32)7(2)28-18(30)12-13(19(28)31)15(24)17(26)16(25)14(12)23/h3-4,7H,5H2,1-2H3,(H,27,29)/t7-/m1/s1. The van der Waals surface area contributed by atoms with Crippen LogP contribution in [0.4, 0.5) is 5.69 Å². The fourth-order valence-electron chi connectivity index (χ4n) is 3.05. The third-order valence-electron chi connectivity index (χ3n) is 4.75. The van der Waals surface area contributed by atoms with Crippen LogP contribution < -0.4 is 5.32 Å². The number of carbonyl (C=O) groups is 4. The van der Waals surface area contributed by atoms with Gasteiger partial charge in [-0.15, -0.1) is 0 Å². The molecule has 0 bridgehead atoms. The Kier molecular flexibility index (Phi) is 7.88. The SMILES string of the molecule is Cc1cc(Br)c(Cl)cc1NC(=O)COC(=O)[C@@H](C)N1C(=O)c2c(Cl)c(Cl)c(Cl)c(Cl)c2C1=O. The molecule has 2 aromatic carbocycles. The normalized spacial score (nSPS) is 13.8. The molecule has 0 aromatic heterocycles. The minimum Gasteiger partial charge on any atom is -0.454 e. The van der Waals surface area contributed by atoms with E-state index >= 15 is 0 Å². The van der Waals surface area contributed by atoms with Gasteiger partial charge in [-0.2, -0.15) is 0 Å². The van der Waals surface area contributed by atoms with Gasteiger partial charge in [0.05, 0.1) is 36.2 Å². The molecule has 0 saturated heterocycles. The highest BCUT2D eigenvalue weighted by atomic mass is 79.9. The number of hydrogen-bond acceptors (Lipinski definition) is 5. The monoisotopic (exact) mass is 614 g/mol. The Morgan fingerprint density at radius 2 is 1.52 bits per heavy atom. The average molecular weight is 617 g/mol. The number of hydrogen-bond donors (Lipinski definition) is 1. The molecule has 1 atom stereocenters. The smallest absolute Gasteiger partial charge is 0.329 e. The number of benzene rings is 2. The van der Waals surface area contributed by atoms with Gasteiger partial charge >= 0.3 is 5.97 Å². The largest absolute Gasteiger partial charge is 0.454 e. The van der Waals surface area contributed by atoms with Gasteiger partial charge in [0.2, 0.25) is 0 Å². The number of anilines is 1. The van der Waals surface area contributed by atoms with Crippen LogP contribution in [0.25, 0.3) is 0 Å². The van der Waals surface area contributed by atoms with Crippen molar-refractivity contribution in [2.75, 3.05) is 11.9 Å². The molecule has 174 valence electrons. The van der Waals surface area contributed by atoms with E-state index in [9.17, 15) is 19.2 Å². The summed E-state index contributed by atoms with van der Waals surface area (Å²) >= 11 is 33.4. The zero-order valence-corrected chi connectivity index (χ0v) is 22.1. The van der Waals surface area contributed by atoms with Crippen LogP contribution in [0.15, 0.2) is 16.6 Å². The molecule has 1 N–H and O–H groups in total. The Morgan fingerprint density at radius 3 is 2.03 bits per heavy atom. The number of carbonyl (C=O) groups excluding carboxylic acids is 4. The number of imide groups is 1. The first kappa shape index (κ1) is 26.1. The lowest BCUT2D eigenvalue weighted by molar-refractivity contribution is -0.150. The maximum absolute atomic E-state index is 12.8. The number of aryl methyl sites for hydroxylation is 1. The molecule has 33 heavy (non-hydrogen) atoms. The maximum Gasteiger partial charge on any atom is 0.329 e. The molecule has 0 radical (unpaired) electrons. The number of nitrogens with one attached hydrogen (secondary N) is 1. The topological polar surface area (TPSA) is 92.8 Å². The van der Waals surface area contributed by atoms with Crippen LogP contribution in [0.3, 0.4) is 0 Å². The lowest BCUT2D eigenvalue weighted by Gasteiger charge is -2.21. The maximum atomic E-state index is 12.8. The van der Waals surface area contributed by atoms with Crippen molar-refractivity contribution in [3.8, 4) is 0 Å². The minimum absolute atomic E-state index is 0.194. The van der Waals surface area contributed by atoms with E-state index in [1.807, 2.05) is 0 Å². The highest BCUT2D eigenvalue weighted by molar-refractivity contribution is 9.10.